The molecular formula is C20H23N3O2S2. The molecule has 1 amide bonds. The van der Waals surface area contributed by atoms with Crippen LogP contribution in [0.25, 0.3) is 10.2 Å². The fraction of sp³-hybridized carbons (Fsp3) is 0.350. The zero-order valence-electron chi connectivity index (χ0n) is 15.9. The Labute approximate surface area is 166 Å². The number of benzene rings is 1. The number of fused-ring (bicyclic) bond motifs is 1. The number of nitrogens with zero attached hydrogens (tertiary/aromatic N) is 2. The first-order valence-corrected chi connectivity index (χ1v) is 10.8. The molecule has 1 aromatic carbocycles. The van der Waals surface area contributed by atoms with E-state index in [1.54, 1.807) is 4.57 Å². The third-order valence-corrected chi connectivity index (χ3v) is 6.34. The van der Waals surface area contributed by atoms with E-state index in [-0.39, 0.29) is 23.3 Å². The standard InChI is InChI=1S/C20H23N3O2S2/c1-5-14(4)23-19(25)18-16(8-9-26-18)22-20(23)27-11-17(24)21-15-7-6-12(2)10-13(15)3/h6-10,14H,5,11H2,1-4H3,(H,21,24)/t14-/m1/s1. The molecule has 0 saturated carbocycles. The van der Waals surface area contributed by atoms with Crippen LogP contribution in [0.5, 0.6) is 0 Å². The molecule has 0 fully saturated rings. The molecule has 0 radical (unpaired) electrons. The lowest BCUT2D eigenvalue weighted by molar-refractivity contribution is -0.113. The molecule has 1 atom stereocenters. The number of thioether (sulfide) groups is 1. The Hall–Kier alpha value is -2.12. The first-order chi connectivity index (χ1) is 12.9. The maximum Gasteiger partial charge on any atom is 0.272 e. The highest BCUT2D eigenvalue weighted by Gasteiger charge is 2.17. The van der Waals surface area contributed by atoms with Crippen LogP contribution >= 0.6 is 23.1 Å². The lowest BCUT2D eigenvalue weighted by Crippen LogP contribution is -2.26. The van der Waals surface area contributed by atoms with Crippen LogP contribution in [0.15, 0.2) is 39.6 Å². The Morgan fingerprint density at radius 2 is 2.11 bits per heavy atom. The number of hydrogen-bond donors (Lipinski definition) is 1. The average Bonchev–Trinajstić information content (AvgIpc) is 3.11. The van der Waals surface area contributed by atoms with E-state index in [9.17, 15) is 9.59 Å². The number of amides is 1. The SMILES string of the molecule is CC[C@@H](C)n1c(SCC(=O)Nc2ccc(C)cc2C)nc2ccsc2c1=O. The molecule has 0 bridgehead atoms. The molecule has 5 nitrogen and oxygen atoms in total. The van der Waals surface area contributed by atoms with Crippen LogP contribution < -0.4 is 10.9 Å². The number of hydrogen-bond acceptors (Lipinski definition) is 5. The summed E-state index contributed by atoms with van der Waals surface area (Å²) in [6.07, 6.45) is 0.820. The molecule has 0 spiro atoms. The Bertz CT molecular complexity index is 1040. The zero-order valence-corrected chi connectivity index (χ0v) is 17.5. The fourth-order valence-corrected chi connectivity index (χ4v) is 4.51. The van der Waals surface area contributed by atoms with Gasteiger partial charge in [-0.1, -0.05) is 36.4 Å². The summed E-state index contributed by atoms with van der Waals surface area (Å²) in [5.74, 6) is 0.0913. The smallest absolute Gasteiger partial charge is 0.272 e. The molecule has 0 saturated heterocycles. The van der Waals surface area contributed by atoms with Crippen LogP contribution in [0.2, 0.25) is 0 Å². The van der Waals surface area contributed by atoms with Crippen molar-refractivity contribution in [1.82, 2.24) is 9.55 Å². The van der Waals surface area contributed by atoms with Crippen LogP contribution in [-0.4, -0.2) is 21.2 Å². The van der Waals surface area contributed by atoms with E-state index in [2.05, 4.69) is 10.3 Å². The number of nitrogens with one attached hydrogen (secondary N) is 1. The number of aromatic nitrogens is 2. The van der Waals surface area contributed by atoms with Gasteiger partial charge in [-0.2, -0.15) is 0 Å². The predicted octanol–water partition coefficient (Wildman–Crippen LogP) is 4.78. The number of carbonyl (C=O) groups is 1. The molecule has 3 rings (SSSR count). The monoisotopic (exact) mass is 401 g/mol. The summed E-state index contributed by atoms with van der Waals surface area (Å²) >= 11 is 2.71. The Balaban J connectivity index is 1.81. The summed E-state index contributed by atoms with van der Waals surface area (Å²) in [5, 5.41) is 5.41. The molecule has 2 heterocycles. The van der Waals surface area contributed by atoms with Crippen LogP contribution in [0.3, 0.4) is 0 Å². The highest BCUT2D eigenvalue weighted by atomic mass is 32.2. The lowest BCUT2D eigenvalue weighted by atomic mass is 10.1. The molecule has 0 aliphatic carbocycles. The summed E-state index contributed by atoms with van der Waals surface area (Å²) in [6.45, 7) is 8.04. The molecule has 3 aromatic rings. The van der Waals surface area contributed by atoms with Crippen molar-refractivity contribution < 1.29 is 4.79 Å². The molecule has 1 N–H and O–H groups in total. The Kier molecular flexibility index (Phi) is 6.01. The second-order valence-electron chi connectivity index (χ2n) is 6.62. The normalized spacial score (nSPS) is 12.3. The van der Waals surface area contributed by atoms with E-state index < -0.39 is 0 Å². The molecule has 0 unspecified atom stereocenters. The van der Waals surface area contributed by atoms with Crippen molar-refractivity contribution in [3.05, 3.63) is 51.1 Å². The summed E-state index contributed by atoms with van der Waals surface area (Å²) in [4.78, 5) is 29.9. The van der Waals surface area contributed by atoms with Crippen molar-refractivity contribution >= 4 is 44.9 Å². The quantitative estimate of drug-likeness (QED) is 0.477. The number of thiophene rings is 1. The van der Waals surface area contributed by atoms with Crippen LogP contribution in [0.1, 0.15) is 37.4 Å². The molecule has 0 aliphatic heterocycles. The van der Waals surface area contributed by atoms with Gasteiger partial charge in [-0.25, -0.2) is 4.98 Å². The van der Waals surface area contributed by atoms with E-state index in [1.807, 2.05) is 57.3 Å². The Morgan fingerprint density at radius 1 is 1.33 bits per heavy atom. The molecule has 142 valence electrons. The topological polar surface area (TPSA) is 64.0 Å². The van der Waals surface area contributed by atoms with Gasteiger partial charge in [0, 0.05) is 11.7 Å². The largest absolute Gasteiger partial charge is 0.325 e. The number of rotatable bonds is 6. The van der Waals surface area contributed by atoms with Crippen molar-refractivity contribution in [2.75, 3.05) is 11.1 Å². The van der Waals surface area contributed by atoms with Crippen molar-refractivity contribution in [1.29, 1.82) is 0 Å². The van der Waals surface area contributed by atoms with E-state index in [4.69, 9.17) is 0 Å². The third-order valence-electron chi connectivity index (χ3n) is 4.50. The molecule has 2 aromatic heterocycles. The van der Waals surface area contributed by atoms with Gasteiger partial charge in [-0.3, -0.25) is 14.2 Å². The zero-order chi connectivity index (χ0) is 19.6. The van der Waals surface area contributed by atoms with Crippen LogP contribution in [-0.2, 0) is 4.79 Å². The maximum atomic E-state index is 12.8. The Morgan fingerprint density at radius 3 is 2.81 bits per heavy atom. The van der Waals surface area contributed by atoms with Gasteiger partial charge in [-0.15, -0.1) is 11.3 Å². The third kappa shape index (κ3) is 4.25. The van der Waals surface area contributed by atoms with Gasteiger partial charge in [-0.05, 0) is 50.3 Å². The second-order valence-corrected chi connectivity index (χ2v) is 8.48. The van der Waals surface area contributed by atoms with E-state index >= 15 is 0 Å². The van der Waals surface area contributed by atoms with Gasteiger partial charge in [0.15, 0.2) is 5.16 Å². The number of anilines is 1. The van der Waals surface area contributed by atoms with Crippen molar-refractivity contribution in [2.24, 2.45) is 0 Å². The number of carbonyl (C=O) groups excluding carboxylic acids is 1. The van der Waals surface area contributed by atoms with Crippen molar-refractivity contribution in [2.45, 2.75) is 45.3 Å². The fourth-order valence-electron chi connectivity index (χ4n) is 2.85. The molecule has 27 heavy (non-hydrogen) atoms. The van der Waals surface area contributed by atoms with E-state index in [0.717, 1.165) is 23.2 Å². The van der Waals surface area contributed by atoms with Gasteiger partial charge in [0.1, 0.15) is 4.70 Å². The molecule has 7 heteroatoms. The van der Waals surface area contributed by atoms with Crippen molar-refractivity contribution in [3.63, 3.8) is 0 Å². The van der Waals surface area contributed by atoms with Gasteiger partial charge in [0.2, 0.25) is 5.91 Å². The van der Waals surface area contributed by atoms with Crippen LogP contribution in [0.4, 0.5) is 5.69 Å². The highest BCUT2D eigenvalue weighted by molar-refractivity contribution is 7.99. The first-order valence-electron chi connectivity index (χ1n) is 8.90. The summed E-state index contributed by atoms with van der Waals surface area (Å²) in [7, 11) is 0. The minimum absolute atomic E-state index is 0.0263. The highest BCUT2D eigenvalue weighted by Crippen LogP contribution is 2.25. The number of aryl methyl sites for hydroxylation is 2. The minimum atomic E-state index is -0.109. The van der Waals surface area contributed by atoms with Crippen LogP contribution in [0, 0.1) is 13.8 Å². The van der Waals surface area contributed by atoms with Gasteiger partial charge in [0.05, 0.1) is 11.3 Å². The molecule has 0 aliphatic rings. The van der Waals surface area contributed by atoms with E-state index in [0.29, 0.717) is 15.4 Å². The lowest BCUT2D eigenvalue weighted by Gasteiger charge is -2.17. The van der Waals surface area contributed by atoms with Gasteiger partial charge < -0.3 is 5.32 Å². The van der Waals surface area contributed by atoms with E-state index in [1.165, 1.54) is 23.1 Å². The minimum Gasteiger partial charge on any atom is -0.325 e. The summed E-state index contributed by atoms with van der Waals surface area (Å²) in [6, 6.07) is 7.80. The van der Waals surface area contributed by atoms with Gasteiger partial charge in [0.25, 0.3) is 5.56 Å². The van der Waals surface area contributed by atoms with Gasteiger partial charge >= 0.3 is 0 Å². The maximum absolute atomic E-state index is 12.8. The summed E-state index contributed by atoms with van der Waals surface area (Å²) < 4.78 is 2.38. The second kappa shape index (κ2) is 8.27. The average molecular weight is 402 g/mol. The molecular weight excluding hydrogens is 378 g/mol. The first kappa shape index (κ1) is 19.6. The van der Waals surface area contributed by atoms with Crippen molar-refractivity contribution in [3.8, 4) is 0 Å². The summed E-state index contributed by atoms with van der Waals surface area (Å²) in [5.41, 5.74) is 3.67. The predicted molar refractivity (Wildman–Crippen MR) is 114 cm³/mol.